The molecule has 3 aromatic rings. The van der Waals surface area contributed by atoms with Crippen LogP contribution in [0.15, 0.2) is 72.8 Å². The molecule has 0 saturated carbocycles. The molecule has 0 saturated heterocycles. The summed E-state index contributed by atoms with van der Waals surface area (Å²) in [6.45, 7) is 4.03. The van der Waals surface area contributed by atoms with E-state index < -0.39 is 30.6 Å². The summed E-state index contributed by atoms with van der Waals surface area (Å²) in [5.41, 5.74) is 4.61. The quantitative estimate of drug-likeness (QED) is 0.159. The number of carbonyl (C=O) groups is 3. The van der Waals surface area contributed by atoms with Gasteiger partial charge in [-0.2, -0.15) is 0 Å². The number of halogens is 2. The maximum absolute atomic E-state index is 13.5. The number of allylic oxidation sites excluding steroid dienone is 2. The molecule has 9 nitrogen and oxygen atoms in total. The minimum atomic E-state index is -1.69. The summed E-state index contributed by atoms with van der Waals surface area (Å²) in [6, 6.07) is 18.8. The fourth-order valence-corrected chi connectivity index (χ4v) is 4.90. The lowest BCUT2D eigenvalue weighted by molar-refractivity contribution is -0.146. The number of carboxylic acids is 1. The molecule has 0 heterocycles. The average molecular weight is 657 g/mol. The Kier molecular flexibility index (Phi) is 13.9. The molecular weight excluding hydrogens is 617 g/mol. The normalized spacial score (nSPS) is 13.2. The number of hydrogen-bond donors (Lipinski definition) is 5. The molecule has 0 aromatic heterocycles. The van der Waals surface area contributed by atoms with Crippen LogP contribution in [-0.4, -0.2) is 52.5 Å². The first-order valence-electron chi connectivity index (χ1n) is 14.7. The minimum Gasteiger partial charge on any atom is -0.479 e. The molecule has 1 aliphatic rings. The molecule has 5 N–H and O–H groups in total. The van der Waals surface area contributed by atoms with Crippen LogP contribution >= 0.6 is 23.2 Å². The van der Waals surface area contributed by atoms with E-state index >= 15 is 0 Å². The van der Waals surface area contributed by atoms with E-state index in [2.05, 4.69) is 16.7 Å². The Morgan fingerprint density at radius 1 is 0.933 bits per heavy atom. The number of aliphatic hydroxyl groups is 2. The summed E-state index contributed by atoms with van der Waals surface area (Å²) in [5, 5.41) is 32.3. The van der Waals surface area contributed by atoms with Gasteiger partial charge in [0.15, 0.2) is 6.10 Å². The van der Waals surface area contributed by atoms with E-state index in [1.54, 1.807) is 47.4 Å². The molecule has 240 valence electrons. The van der Waals surface area contributed by atoms with Gasteiger partial charge in [-0.1, -0.05) is 67.4 Å². The van der Waals surface area contributed by atoms with Crippen molar-refractivity contribution in [3.05, 3.63) is 99.5 Å². The third kappa shape index (κ3) is 11.5. The lowest BCUT2D eigenvalue weighted by Gasteiger charge is -2.24. The van der Waals surface area contributed by atoms with Gasteiger partial charge in [-0.15, -0.1) is 0 Å². The average Bonchev–Trinajstić information content (AvgIpc) is 3.02. The first kappa shape index (κ1) is 35.6. The fourth-order valence-electron chi connectivity index (χ4n) is 4.38. The Hall–Kier alpha value is -3.89. The van der Waals surface area contributed by atoms with Crippen LogP contribution in [0.1, 0.15) is 61.0 Å². The zero-order chi connectivity index (χ0) is 32.9. The molecule has 0 bridgehead atoms. The number of urea groups is 1. The van der Waals surface area contributed by atoms with Crippen LogP contribution in [0.4, 0.5) is 16.2 Å². The SMILES string of the molecule is CC(C)CO.O=C(NC[C@@H](O)C(=O)O)c1ccc(CN(C(=O)Nc2cc(Cl)cc(Cl)c2)c2ccc(C3=CCCCC3)cc2)cc1. The molecule has 1 atom stereocenters. The van der Waals surface area contributed by atoms with Crippen molar-refractivity contribution in [3.63, 3.8) is 0 Å². The highest BCUT2D eigenvalue weighted by molar-refractivity contribution is 6.35. The Labute approximate surface area is 273 Å². The fraction of sp³-hybridized carbons (Fsp3) is 0.324. The van der Waals surface area contributed by atoms with Crippen molar-refractivity contribution in [2.75, 3.05) is 23.4 Å². The highest BCUT2D eigenvalue weighted by Crippen LogP contribution is 2.29. The first-order valence-corrected chi connectivity index (χ1v) is 15.4. The Morgan fingerprint density at radius 3 is 2.09 bits per heavy atom. The number of anilines is 2. The summed E-state index contributed by atoms with van der Waals surface area (Å²) in [7, 11) is 0. The van der Waals surface area contributed by atoms with Crippen LogP contribution in [-0.2, 0) is 11.3 Å². The Balaban J connectivity index is 0.00000102. The summed E-state index contributed by atoms with van der Waals surface area (Å²) in [4.78, 5) is 38.2. The van der Waals surface area contributed by atoms with Crippen molar-refractivity contribution >= 4 is 58.1 Å². The van der Waals surface area contributed by atoms with E-state index in [-0.39, 0.29) is 12.1 Å². The highest BCUT2D eigenvalue weighted by Gasteiger charge is 2.19. The van der Waals surface area contributed by atoms with E-state index in [1.165, 1.54) is 18.4 Å². The topological polar surface area (TPSA) is 139 Å². The molecule has 11 heteroatoms. The van der Waals surface area contributed by atoms with Crippen LogP contribution in [0.3, 0.4) is 0 Å². The molecule has 3 aromatic carbocycles. The van der Waals surface area contributed by atoms with Crippen molar-refractivity contribution in [1.29, 1.82) is 0 Å². The van der Waals surface area contributed by atoms with Crippen LogP contribution in [0.25, 0.3) is 5.57 Å². The van der Waals surface area contributed by atoms with Gasteiger partial charge in [0.05, 0.1) is 13.1 Å². The van der Waals surface area contributed by atoms with Gasteiger partial charge in [-0.3, -0.25) is 9.69 Å². The standard InChI is InChI=1S/C30H29Cl2N3O5.C4H10O/c31-23-14-24(32)16-25(15-23)34-30(40)35(26-12-10-21(11-13-26)20-4-2-1-3-5-20)18-19-6-8-22(9-7-19)28(37)33-17-27(36)29(38)39;1-4(2)3-5/h4,6-16,27,36H,1-3,5,17-18H2,(H,33,37)(H,34,40)(H,38,39);4-5H,3H2,1-2H3/t27-;/m1./s1. The second kappa shape index (κ2) is 17.6. The monoisotopic (exact) mass is 655 g/mol. The Bertz CT molecular complexity index is 1460. The van der Waals surface area contributed by atoms with E-state index in [9.17, 15) is 19.5 Å². The molecule has 0 spiro atoms. The zero-order valence-electron chi connectivity index (χ0n) is 25.3. The molecule has 45 heavy (non-hydrogen) atoms. The molecule has 0 fully saturated rings. The van der Waals surface area contributed by atoms with E-state index in [4.69, 9.17) is 33.4 Å². The molecule has 1 aliphatic carbocycles. The van der Waals surface area contributed by atoms with Crippen LogP contribution in [0.2, 0.25) is 10.0 Å². The molecule has 4 rings (SSSR count). The highest BCUT2D eigenvalue weighted by atomic mass is 35.5. The zero-order valence-corrected chi connectivity index (χ0v) is 26.8. The predicted octanol–water partition coefficient (Wildman–Crippen LogP) is 7.00. The van der Waals surface area contributed by atoms with Crippen molar-refractivity contribution in [1.82, 2.24) is 5.32 Å². The second-order valence-corrected chi connectivity index (χ2v) is 11.9. The predicted molar refractivity (Wildman–Crippen MR) is 179 cm³/mol. The number of carboxylic acid groups (broad SMARTS) is 1. The lowest BCUT2D eigenvalue weighted by Crippen LogP contribution is -2.36. The second-order valence-electron chi connectivity index (χ2n) is 11.0. The minimum absolute atomic E-state index is 0.196. The first-order chi connectivity index (χ1) is 21.5. The number of nitrogens with one attached hydrogen (secondary N) is 2. The van der Waals surface area contributed by atoms with E-state index in [1.807, 2.05) is 38.1 Å². The van der Waals surface area contributed by atoms with Crippen molar-refractivity contribution in [2.45, 2.75) is 52.2 Å². The van der Waals surface area contributed by atoms with Gasteiger partial charge in [0, 0.05) is 33.6 Å². The lowest BCUT2D eigenvalue weighted by atomic mass is 9.93. The van der Waals surface area contributed by atoms with E-state index in [0.29, 0.717) is 33.9 Å². The van der Waals surface area contributed by atoms with Crippen LogP contribution in [0, 0.1) is 5.92 Å². The summed E-state index contributed by atoms with van der Waals surface area (Å²) >= 11 is 12.2. The number of amides is 3. The molecule has 0 aliphatic heterocycles. The summed E-state index contributed by atoms with van der Waals surface area (Å²) < 4.78 is 0. The number of benzene rings is 3. The molecule has 0 radical (unpaired) electrons. The van der Waals surface area contributed by atoms with E-state index in [0.717, 1.165) is 24.0 Å². The summed E-state index contributed by atoms with van der Waals surface area (Å²) in [5.74, 6) is -1.50. The van der Waals surface area contributed by atoms with Gasteiger partial charge in [-0.25, -0.2) is 9.59 Å². The van der Waals surface area contributed by atoms with Gasteiger partial charge in [0.1, 0.15) is 0 Å². The van der Waals surface area contributed by atoms with Crippen molar-refractivity contribution < 1.29 is 29.7 Å². The maximum Gasteiger partial charge on any atom is 0.334 e. The van der Waals surface area contributed by atoms with Crippen molar-refractivity contribution in [2.24, 2.45) is 5.92 Å². The van der Waals surface area contributed by atoms with Gasteiger partial charge in [0.2, 0.25) is 0 Å². The smallest absolute Gasteiger partial charge is 0.334 e. The van der Waals surface area contributed by atoms with Crippen molar-refractivity contribution in [3.8, 4) is 0 Å². The van der Waals surface area contributed by atoms with Gasteiger partial charge < -0.3 is 26.0 Å². The van der Waals surface area contributed by atoms with Crippen LogP contribution < -0.4 is 15.5 Å². The van der Waals surface area contributed by atoms with Gasteiger partial charge >= 0.3 is 12.0 Å². The molecule has 3 amide bonds. The number of aliphatic carboxylic acids is 1. The van der Waals surface area contributed by atoms with Gasteiger partial charge in [-0.05, 0) is 90.8 Å². The number of aliphatic hydroxyl groups excluding tert-OH is 2. The number of nitrogens with zero attached hydrogens (tertiary/aromatic N) is 1. The number of rotatable bonds is 10. The number of hydrogen-bond acceptors (Lipinski definition) is 5. The number of carbonyl (C=O) groups excluding carboxylic acids is 2. The third-order valence-electron chi connectivity index (χ3n) is 6.86. The largest absolute Gasteiger partial charge is 0.479 e. The summed E-state index contributed by atoms with van der Waals surface area (Å²) in [6.07, 6.45) is 5.06. The third-order valence-corrected chi connectivity index (χ3v) is 7.30. The Morgan fingerprint density at radius 2 is 1.56 bits per heavy atom. The molecule has 0 unspecified atom stereocenters. The maximum atomic E-state index is 13.5. The van der Waals surface area contributed by atoms with Gasteiger partial charge in [0.25, 0.3) is 5.91 Å². The van der Waals surface area contributed by atoms with Crippen LogP contribution in [0.5, 0.6) is 0 Å². The molecular formula is C34H39Cl2N3O6.